The van der Waals surface area contributed by atoms with Crippen molar-refractivity contribution in [2.75, 3.05) is 13.7 Å². The summed E-state index contributed by atoms with van der Waals surface area (Å²) < 4.78 is 22.6. The summed E-state index contributed by atoms with van der Waals surface area (Å²) in [5, 5.41) is 86.6. The van der Waals surface area contributed by atoms with Gasteiger partial charge in [0.1, 0.15) is 60.4 Å². The molecule has 0 unspecified atom stereocenters. The number of likely N-dealkylation sites (N-methyl/N-ethyl adjacent to an activating group) is 1. The zero-order valence-corrected chi connectivity index (χ0v) is 21.2. The van der Waals surface area contributed by atoms with Crippen LogP contribution >= 0.6 is 0 Å². The van der Waals surface area contributed by atoms with Gasteiger partial charge in [0.25, 0.3) is 0 Å². The second kappa shape index (κ2) is 12.3. The minimum atomic E-state index is -2.17. The van der Waals surface area contributed by atoms with E-state index in [9.17, 15) is 40.9 Å². The summed E-state index contributed by atoms with van der Waals surface area (Å²) in [6.07, 6.45) is -18.0. The van der Waals surface area contributed by atoms with Crippen molar-refractivity contribution in [3.8, 4) is 0 Å². The predicted octanol–water partition coefficient (Wildman–Crippen LogP) is -8.41. The molecule has 2 heterocycles. The molecule has 0 aromatic carbocycles. The van der Waals surface area contributed by atoms with Crippen molar-refractivity contribution in [2.45, 2.75) is 98.4 Å². The maximum atomic E-state index is 11.2. The molecule has 0 radical (unpaired) electrons. The fraction of sp³-hybridized carbons (Fsp3) is 0.900. The van der Waals surface area contributed by atoms with Gasteiger partial charge in [0, 0.05) is 0 Å². The lowest BCUT2D eigenvalue weighted by molar-refractivity contribution is -0.345. The van der Waals surface area contributed by atoms with E-state index in [2.05, 4.69) is 15.3 Å². The number of ether oxygens (including phenoxy) is 4. The van der Waals surface area contributed by atoms with Gasteiger partial charge >= 0.3 is 0 Å². The normalized spacial score (nSPS) is 48.5. The van der Waals surface area contributed by atoms with Gasteiger partial charge in [-0.15, -0.1) is 0 Å². The van der Waals surface area contributed by atoms with Gasteiger partial charge in [0.2, 0.25) is 0 Å². The Balaban J connectivity index is 1.95. The van der Waals surface area contributed by atoms with E-state index in [1.807, 2.05) is 0 Å². The topological polar surface area (TPSA) is 340 Å². The first kappa shape index (κ1) is 31.5. The Hall–Kier alpha value is -1.98. The third kappa shape index (κ3) is 6.05. The maximum Gasteiger partial charge on any atom is 0.187 e. The third-order valence-electron chi connectivity index (χ3n) is 7.19. The van der Waals surface area contributed by atoms with Gasteiger partial charge in [-0.3, -0.25) is 0 Å². The molecule has 0 spiro atoms. The molecule has 226 valence electrons. The van der Waals surface area contributed by atoms with E-state index < -0.39 is 110 Å². The molecule has 39 heavy (non-hydrogen) atoms. The number of nitrogens with one attached hydrogen (secondary N) is 1. The number of aliphatic hydroxyl groups is 8. The SMILES string of the molecule is CN[C@@H]1[C@H](O[C@@H]2[C@H](O[C@@H]3[C@H](O)[C@H](O)[C@H](N=C(N)N)[C@H](O)[C@@H]3N=C(N)N)O[C@H](C)[C@]2(O)CO)O[C@H](O)[C@H](O)[C@H]1O. The van der Waals surface area contributed by atoms with Gasteiger partial charge in [-0.25, -0.2) is 9.98 Å². The molecule has 1 aliphatic carbocycles. The molecule has 3 fully saturated rings. The minimum Gasteiger partial charge on any atom is -0.393 e. The van der Waals surface area contributed by atoms with Crippen LogP contribution in [-0.4, -0.2) is 158 Å². The number of aliphatic imine (C=N–C) groups is 2. The molecule has 17 N–H and O–H groups in total. The van der Waals surface area contributed by atoms with Crippen molar-refractivity contribution >= 4 is 11.9 Å². The highest BCUT2D eigenvalue weighted by Crippen LogP contribution is 2.39. The molecule has 15 atom stereocenters. The lowest BCUT2D eigenvalue weighted by atomic mass is 9.81. The number of hydrogen-bond acceptors (Lipinski definition) is 15. The number of rotatable bonds is 8. The number of nitrogens with zero attached hydrogens (tertiary/aromatic N) is 2. The standard InChI is InChI=1S/C20H39N7O12/c1-4-20(35,3-28)14(38-16-7(25-2)10(31)12(33)15(34)39-16)17(36-4)37-13-6(27-19(23)24)8(29)5(26-18(21)22)9(30)11(13)32/h4-17,25,28-35H,3H2,1-2H3,(H4,21,22,26)(H4,23,24,27)/t4-,5-,6+,7+,8+,9-,10+,11-,12-,13+,14-,15+,16-,17+,20-/m1/s1. The Kier molecular flexibility index (Phi) is 9.92. The van der Waals surface area contributed by atoms with Crippen LogP contribution in [0.5, 0.6) is 0 Å². The average Bonchev–Trinajstić information content (AvgIpc) is 3.10. The Bertz CT molecular complexity index is 895. The molecule has 0 bridgehead atoms. The van der Waals surface area contributed by atoms with Crippen LogP contribution in [0.3, 0.4) is 0 Å². The molecule has 0 aromatic heterocycles. The first-order valence-electron chi connectivity index (χ1n) is 12.1. The lowest BCUT2D eigenvalue weighted by Crippen LogP contribution is -2.66. The van der Waals surface area contributed by atoms with Crippen LogP contribution in [0.1, 0.15) is 6.92 Å². The Morgan fingerprint density at radius 3 is 1.95 bits per heavy atom. The lowest BCUT2D eigenvalue weighted by Gasteiger charge is -2.45. The van der Waals surface area contributed by atoms with E-state index in [-0.39, 0.29) is 0 Å². The second-order valence-electron chi connectivity index (χ2n) is 9.70. The van der Waals surface area contributed by atoms with E-state index in [4.69, 9.17) is 41.9 Å². The van der Waals surface area contributed by atoms with Crippen molar-refractivity contribution in [3.05, 3.63) is 0 Å². The molecule has 1 saturated carbocycles. The number of aliphatic hydroxyl groups excluding tert-OH is 7. The fourth-order valence-electron chi connectivity index (χ4n) is 4.93. The van der Waals surface area contributed by atoms with Crippen LogP contribution in [0.25, 0.3) is 0 Å². The molecule has 0 amide bonds. The molecule has 3 rings (SSSR count). The minimum absolute atomic E-state index is 0.497. The molecule has 0 aromatic rings. The van der Waals surface area contributed by atoms with Crippen molar-refractivity contribution in [1.29, 1.82) is 0 Å². The molecule has 2 saturated heterocycles. The smallest absolute Gasteiger partial charge is 0.187 e. The molecular weight excluding hydrogens is 530 g/mol. The summed E-state index contributed by atoms with van der Waals surface area (Å²) in [6, 6.07) is -4.07. The number of guanidine groups is 2. The number of hydrogen-bond donors (Lipinski definition) is 13. The highest BCUT2D eigenvalue weighted by Gasteiger charge is 2.60. The van der Waals surface area contributed by atoms with E-state index in [1.165, 1.54) is 14.0 Å². The van der Waals surface area contributed by atoms with Crippen molar-refractivity contribution in [2.24, 2.45) is 32.9 Å². The summed E-state index contributed by atoms with van der Waals surface area (Å²) >= 11 is 0. The quantitative estimate of drug-likeness (QED) is 0.0952. The van der Waals surface area contributed by atoms with Crippen molar-refractivity contribution in [3.63, 3.8) is 0 Å². The van der Waals surface area contributed by atoms with Crippen LogP contribution in [0, 0.1) is 0 Å². The molecule has 19 nitrogen and oxygen atoms in total. The van der Waals surface area contributed by atoms with Gasteiger partial charge in [0.05, 0.1) is 18.8 Å². The van der Waals surface area contributed by atoms with Crippen molar-refractivity contribution < 1.29 is 59.8 Å². The summed E-state index contributed by atoms with van der Waals surface area (Å²) in [6.45, 7) is 0.454. The first-order chi connectivity index (χ1) is 18.2. The Morgan fingerprint density at radius 1 is 0.821 bits per heavy atom. The van der Waals surface area contributed by atoms with E-state index in [0.29, 0.717) is 0 Å². The average molecular weight is 570 g/mol. The van der Waals surface area contributed by atoms with Crippen molar-refractivity contribution in [1.82, 2.24) is 5.32 Å². The Labute approximate surface area is 222 Å². The van der Waals surface area contributed by atoms with Gasteiger partial charge in [0.15, 0.2) is 30.8 Å². The molecule has 2 aliphatic heterocycles. The fourth-order valence-corrected chi connectivity index (χ4v) is 4.93. The highest BCUT2D eigenvalue weighted by molar-refractivity contribution is 5.76. The van der Waals surface area contributed by atoms with Gasteiger partial charge in [-0.1, -0.05) is 0 Å². The van der Waals surface area contributed by atoms with E-state index in [0.717, 1.165) is 0 Å². The zero-order valence-electron chi connectivity index (χ0n) is 21.2. The third-order valence-corrected chi connectivity index (χ3v) is 7.19. The zero-order chi connectivity index (χ0) is 29.4. The highest BCUT2D eigenvalue weighted by atomic mass is 16.8. The van der Waals surface area contributed by atoms with Gasteiger partial charge in [-0.05, 0) is 14.0 Å². The molecular formula is C20H39N7O12. The Morgan fingerprint density at radius 2 is 1.41 bits per heavy atom. The number of nitrogens with two attached hydrogens (primary N) is 4. The second-order valence-corrected chi connectivity index (χ2v) is 9.70. The summed E-state index contributed by atoms with van der Waals surface area (Å²) in [5.74, 6) is -1.02. The molecule has 19 heteroatoms. The maximum absolute atomic E-state index is 11.2. The summed E-state index contributed by atoms with van der Waals surface area (Å²) in [7, 11) is 1.41. The van der Waals surface area contributed by atoms with Crippen LogP contribution in [0.4, 0.5) is 0 Å². The van der Waals surface area contributed by atoms with E-state index >= 15 is 0 Å². The summed E-state index contributed by atoms with van der Waals surface area (Å²) in [4.78, 5) is 7.63. The van der Waals surface area contributed by atoms with Crippen LogP contribution in [-0.2, 0) is 18.9 Å². The predicted molar refractivity (Wildman–Crippen MR) is 129 cm³/mol. The monoisotopic (exact) mass is 569 g/mol. The van der Waals surface area contributed by atoms with Gasteiger partial charge in [-0.2, -0.15) is 0 Å². The molecule has 3 aliphatic rings. The van der Waals surface area contributed by atoms with Gasteiger partial charge < -0.3 is 88.1 Å². The van der Waals surface area contributed by atoms with Crippen LogP contribution in [0.2, 0.25) is 0 Å². The van der Waals surface area contributed by atoms with Crippen LogP contribution < -0.4 is 28.3 Å². The van der Waals surface area contributed by atoms with Crippen LogP contribution in [0.15, 0.2) is 9.98 Å². The van der Waals surface area contributed by atoms with E-state index in [1.54, 1.807) is 0 Å². The largest absolute Gasteiger partial charge is 0.393 e. The summed E-state index contributed by atoms with van der Waals surface area (Å²) in [5.41, 5.74) is 19.6. The first-order valence-corrected chi connectivity index (χ1v) is 12.1.